The van der Waals surface area contributed by atoms with Crippen molar-refractivity contribution in [3.8, 4) is 34.3 Å². The zero-order valence-corrected chi connectivity index (χ0v) is 20.6. The molecule has 0 aliphatic carbocycles. The fourth-order valence-electron chi connectivity index (χ4n) is 3.31. The van der Waals surface area contributed by atoms with Crippen molar-refractivity contribution in [3.05, 3.63) is 76.5 Å². The molecule has 0 N–H and O–H groups in total. The fraction of sp³-hybridized carbons (Fsp3) is 0.167. The minimum atomic E-state index is -0.258. The molecule has 0 fully saturated rings. The highest BCUT2D eigenvalue weighted by atomic mass is 79.9. The van der Waals surface area contributed by atoms with Gasteiger partial charge < -0.3 is 14.2 Å². The molecule has 0 saturated heterocycles. The van der Waals surface area contributed by atoms with Crippen molar-refractivity contribution in [2.24, 2.45) is 0 Å². The van der Waals surface area contributed by atoms with Crippen LogP contribution in [0, 0.1) is 5.82 Å². The van der Waals surface area contributed by atoms with Crippen molar-refractivity contribution in [1.82, 2.24) is 14.8 Å². The molecule has 0 aliphatic rings. The first kappa shape index (κ1) is 23.1. The summed E-state index contributed by atoms with van der Waals surface area (Å²) in [5, 5.41) is 9.64. The standard InChI is InChI=1S/C24H21BrFN3O3S/c1-30-20-12-16(13-21(31-2)22(20)32-3)23-27-28-24(29(23)19-10-6-17(25)7-11-19)33-14-15-4-8-18(26)9-5-15/h4-13H,14H2,1-3H3. The Morgan fingerprint density at radius 1 is 0.879 bits per heavy atom. The van der Waals surface area contributed by atoms with E-state index in [9.17, 15) is 4.39 Å². The van der Waals surface area contributed by atoms with Crippen LogP contribution in [-0.4, -0.2) is 36.1 Å². The molecule has 33 heavy (non-hydrogen) atoms. The molecule has 0 saturated carbocycles. The Balaban J connectivity index is 1.80. The zero-order chi connectivity index (χ0) is 23.4. The van der Waals surface area contributed by atoms with E-state index in [1.165, 1.54) is 23.9 Å². The first-order valence-corrected chi connectivity index (χ1v) is 11.7. The van der Waals surface area contributed by atoms with Crippen molar-refractivity contribution < 1.29 is 18.6 Å². The van der Waals surface area contributed by atoms with Crippen LogP contribution in [0.25, 0.3) is 17.1 Å². The number of ether oxygens (including phenoxy) is 3. The Morgan fingerprint density at radius 2 is 1.52 bits per heavy atom. The number of hydrogen-bond donors (Lipinski definition) is 0. The van der Waals surface area contributed by atoms with Crippen LogP contribution in [0.3, 0.4) is 0 Å². The van der Waals surface area contributed by atoms with E-state index in [0.29, 0.717) is 34.0 Å². The zero-order valence-electron chi connectivity index (χ0n) is 18.2. The van der Waals surface area contributed by atoms with Gasteiger partial charge in [0.2, 0.25) is 5.75 Å². The summed E-state index contributed by atoms with van der Waals surface area (Å²) in [5.41, 5.74) is 2.64. The van der Waals surface area contributed by atoms with E-state index in [-0.39, 0.29) is 5.82 Å². The van der Waals surface area contributed by atoms with Gasteiger partial charge in [-0.25, -0.2) is 4.39 Å². The van der Waals surface area contributed by atoms with Gasteiger partial charge >= 0.3 is 0 Å². The molecule has 0 spiro atoms. The molecular weight excluding hydrogens is 509 g/mol. The van der Waals surface area contributed by atoms with E-state index in [0.717, 1.165) is 21.3 Å². The first-order valence-electron chi connectivity index (χ1n) is 9.93. The third-order valence-electron chi connectivity index (χ3n) is 4.92. The van der Waals surface area contributed by atoms with Gasteiger partial charge in [0.15, 0.2) is 22.5 Å². The number of aromatic nitrogens is 3. The summed E-state index contributed by atoms with van der Waals surface area (Å²) in [6.45, 7) is 0. The molecule has 1 aromatic heterocycles. The van der Waals surface area contributed by atoms with E-state index < -0.39 is 0 Å². The largest absolute Gasteiger partial charge is 0.493 e. The molecule has 6 nitrogen and oxygen atoms in total. The van der Waals surface area contributed by atoms with Crippen LogP contribution in [0.5, 0.6) is 17.2 Å². The lowest BCUT2D eigenvalue weighted by Crippen LogP contribution is -2.01. The molecule has 0 bridgehead atoms. The summed E-state index contributed by atoms with van der Waals surface area (Å²) in [4.78, 5) is 0. The maximum Gasteiger partial charge on any atom is 0.203 e. The highest BCUT2D eigenvalue weighted by Crippen LogP contribution is 2.42. The molecule has 4 rings (SSSR count). The van der Waals surface area contributed by atoms with Gasteiger partial charge in [-0.2, -0.15) is 0 Å². The van der Waals surface area contributed by atoms with Crippen molar-refractivity contribution in [1.29, 1.82) is 0 Å². The number of halogens is 2. The third-order valence-corrected chi connectivity index (χ3v) is 6.45. The van der Waals surface area contributed by atoms with E-state index >= 15 is 0 Å². The molecule has 3 aromatic carbocycles. The normalized spacial score (nSPS) is 10.8. The van der Waals surface area contributed by atoms with Crippen LogP contribution in [0.2, 0.25) is 0 Å². The minimum absolute atomic E-state index is 0.258. The maximum atomic E-state index is 13.3. The summed E-state index contributed by atoms with van der Waals surface area (Å²) >= 11 is 5.00. The fourth-order valence-corrected chi connectivity index (χ4v) is 4.48. The lowest BCUT2D eigenvalue weighted by Gasteiger charge is -2.15. The number of rotatable bonds is 8. The van der Waals surface area contributed by atoms with Crippen LogP contribution >= 0.6 is 27.7 Å². The van der Waals surface area contributed by atoms with Crippen LogP contribution in [0.4, 0.5) is 4.39 Å². The van der Waals surface area contributed by atoms with Crippen molar-refractivity contribution in [2.45, 2.75) is 10.9 Å². The summed E-state index contributed by atoms with van der Waals surface area (Å²) < 4.78 is 32.7. The van der Waals surface area contributed by atoms with Crippen molar-refractivity contribution in [2.75, 3.05) is 21.3 Å². The molecule has 9 heteroatoms. The molecule has 170 valence electrons. The molecule has 4 aromatic rings. The summed E-state index contributed by atoms with van der Waals surface area (Å²) in [5.74, 6) is 2.54. The second kappa shape index (κ2) is 10.3. The molecular formula is C24H21BrFN3O3S. The number of methoxy groups -OCH3 is 3. The number of benzene rings is 3. The summed E-state index contributed by atoms with van der Waals surface area (Å²) in [7, 11) is 4.71. The Kier molecular flexibility index (Phi) is 7.20. The van der Waals surface area contributed by atoms with Crippen molar-refractivity contribution in [3.63, 3.8) is 0 Å². The van der Waals surface area contributed by atoms with E-state index in [4.69, 9.17) is 14.2 Å². The predicted octanol–water partition coefficient (Wildman–Crippen LogP) is 6.15. The Bertz CT molecular complexity index is 1220. The summed E-state index contributed by atoms with van der Waals surface area (Å²) in [6, 6.07) is 18.0. The highest BCUT2D eigenvalue weighted by molar-refractivity contribution is 9.10. The Labute approximate surface area is 203 Å². The molecule has 0 radical (unpaired) electrons. The third kappa shape index (κ3) is 4.99. The van der Waals surface area contributed by atoms with Gasteiger partial charge in [-0.1, -0.05) is 39.8 Å². The SMILES string of the molecule is COc1cc(-c2nnc(SCc3ccc(F)cc3)n2-c2ccc(Br)cc2)cc(OC)c1OC. The summed E-state index contributed by atoms with van der Waals surface area (Å²) in [6.07, 6.45) is 0. The average Bonchev–Trinajstić information content (AvgIpc) is 3.27. The minimum Gasteiger partial charge on any atom is -0.493 e. The van der Waals surface area contributed by atoms with Crippen LogP contribution in [0.1, 0.15) is 5.56 Å². The van der Waals surface area contributed by atoms with Gasteiger partial charge in [-0.15, -0.1) is 10.2 Å². The van der Waals surface area contributed by atoms with Gasteiger partial charge in [-0.05, 0) is 54.1 Å². The van der Waals surface area contributed by atoms with Gasteiger partial charge in [0, 0.05) is 21.5 Å². The highest BCUT2D eigenvalue weighted by Gasteiger charge is 2.21. The second-order valence-electron chi connectivity index (χ2n) is 6.95. The molecule has 0 amide bonds. The molecule has 0 aliphatic heterocycles. The second-order valence-corrected chi connectivity index (χ2v) is 8.81. The quantitative estimate of drug-likeness (QED) is 0.255. The number of thioether (sulfide) groups is 1. The van der Waals surface area contributed by atoms with Crippen LogP contribution in [0.15, 0.2) is 70.3 Å². The van der Waals surface area contributed by atoms with Gasteiger partial charge in [0.25, 0.3) is 0 Å². The van der Waals surface area contributed by atoms with Crippen LogP contribution < -0.4 is 14.2 Å². The van der Waals surface area contributed by atoms with E-state index in [2.05, 4.69) is 26.1 Å². The lowest BCUT2D eigenvalue weighted by atomic mass is 10.1. The average molecular weight is 530 g/mol. The van der Waals surface area contributed by atoms with E-state index in [1.54, 1.807) is 33.5 Å². The van der Waals surface area contributed by atoms with E-state index in [1.807, 2.05) is 41.0 Å². The molecule has 0 unspecified atom stereocenters. The molecule has 1 heterocycles. The first-order chi connectivity index (χ1) is 16.0. The number of hydrogen-bond acceptors (Lipinski definition) is 6. The smallest absolute Gasteiger partial charge is 0.203 e. The molecule has 0 atom stereocenters. The van der Waals surface area contributed by atoms with Crippen LogP contribution in [-0.2, 0) is 5.75 Å². The lowest BCUT2D eigenvalue weighted by molar-refractivity contribution is 0.324. The maximum absolute atomic E-state index is 13.3. The Hall–Kier alpha value is -3.04. The topological polar surface area (TPSA) is 58.4 Å². The van der Waals surface area contributed by atoms with Gasteiger partial charge in [0.05, 0.1) is 21.3 Å². The predicted molar refractivity (Wildman–Crippen MR) is 130 cm³/mol. The van der Waals surface area contributed by atoms with Gasteiger partial charge in [-0.3, -0.25) is 4.57 Å². The number of nitrogens with zero attached hydrogens (tertiary/aromatic N) is 3. The van der Waals surface area contributed by atoms with Gasteiger partial charge in [0.1, 0.15) is 5.82 Å². The van der Waals surface area contributed by atoms with Crippen molar-refractivity contribution >= 4 is 27.7 Å². The Morgan fingerprint density at radius 3 is 2.09 bits per heavy atom. The monoisotopic (exact) mass is 529 g/mol.